The van der Waals surface area contributed by atoms with Gasteiger partial charge in [-0.05, 0) is 44.2 Å². The average molecular weight is 367 g/mol. The summed E-state index contributed by atoms with van der Waals surface area (Å²) < 4.78 is 14.8. The summed E-state index contributed by atoms with van der Waals surface area (Å²) in [6, 6.07) is 7.84. The smallest absolute Gasteiger partial charge is 0.268 e. The van der Waals surface area contributed by atoms with Gasteiger partial charge in [-0.15, -0.1) is 11.3 Å². The largest absolute Gasteiger partial charge is 0.297 e. The van der Waals surface area contributed by atoms with Crippen molar-refractivity contribution in [1.29, 1.82) is 5.26 Å². The van der Waals surface area contributed by atoms with E-state index < -0.39 is 5.91 Å². The number of carbonyl (C=O) groups is 1. The van der Waals surface area contributed by atoms with Gasteiger partial charge in [0.25, 0.3) is 5.91 Å². The number of halogens is 1. The lowest BCUT2D eigenvalue weighted by Crippen LogP contribution is -2.13. The molecular weight excluding hydrogens is 353 g/mol. The van der Waals surface area contributed by atoms with Gasteiger partial charge in [-0.2, -0.15) is 10.4 Å². The number of aromatic nitrogens is 3. The van der Waals surface area contributed by atoms with E-state index in [0.29, 0.717) is 22.1 Å². The maximum Gasteiger partial charge on any atom is 0.268 e. The standard InChI is InChI=1S/C18H14FN5OS/c1-11-16(9-13(10-20)17(25)22-18-21-7-8-26-18)12(2)24(23-11)15-5-3-14(19)4-6-15/h3-9H,1-2H3,(H,21,22,25)/b13-9+. The molecule has 6 nitrogen and oxygen atoms in total. The van der Waals surface area contributed by atoms with E-state index in [2.05, 4.69) is 15.4 Å². The van der Waals surface area contributed by atoms with Crippen LogP contribution in [-0.2, 0) is 4.79 Å². The summed E-state index contributed by atoms with van der Waals surface area (Å²) in [4.78, 5) is 16.2. The molecule has 26 heavy (non-hydrogen) atoms. The molecule has 2 heterocycles. The van der Waals surface area contributed by atoms with Crippen molar-refractivity contribution < 1.29 is 9.18 Å². The number of nitrogens with one attached hydrogen (secondary N) is 1. The summed E-state index contributed by atoms with van der Waals surface area (Å²) in [7, 11) is 0. The molecule has 0 fully saturated rings. The van der Waals surface area contributed by atoms with E-state index >= 15 is 0 Å². The minimum atomic E-state index is -0.532. The molecule has 0 spiro atoms. The number of hydrogen-bond donors (Lipinski definition) is 1. The monoisotopic (exact) mass is 367 g/mol. The van der Waals surface area contributed by atoms with Crippen LogP contribution in [0.3, 0.4) is 0 Å². The van der Waals surface area contributed by atoms with Gasteiger partial charge >= 0.3 is 0 Å². The van der Waals surface area contributed by atoms with Gasteiger partial charge in [0, 0.05) is 22.8 Å². The van der Waals surface area contributed by atoms with Gasteiger partial charge in [-0.1, -0.05) is 0 Å². The maximum atomic E-state index is 13.1. The highest BCUT2D eigenvalue weighted by Crippen LogP contribution is 2.21. The Kier molecular flexibility index (Phi) is 4.91. The van der Waals surface area contributed by atoms with Gasteiger partial charge in [0.15, 0.2) is 5.13 Å². The second-order valence-electron chi connectivity index (χ2n) is 5.43. The van der Waals surface area contributed by atoms with Crippen LogP contribution in [0.2, 0.25) is 0 Å². The molecule has 0 radical (unpaired) electrons. The van der Waals surface area contributed by atoms with Crippen molar-refractivity contribution in [3.05, 3.63) is 64.2 Å². The van der Waals surface area contributed by atoms with Crippen molar-refractivity contribution in [3.8, 4) is 11.8 Å². The molecule has 1 amide bonds. The van der Waals surface area contributed by atoms with Crippen molar-refractivity contribution in [2.45, 2.75) is 13.8 Å². The van der Waals surface area contributed by atoms with E-state index in [1.54, 1.807) is 35.3 Å². The molecule has 0 aliphatic carbocycles. The molecule has 0 saturated carbocycles. The molecule has 3 rings (SSSR count). The van der Waals surface area contributed by atoms with Crippen LogP contribution in [0.1, 0.15) is 17.0 Å². The first kappa shape index (κ1) is 17.5. The molecule has 1 N–H and O–H groups in total. The van der Waals surface area contributed by atoms with Crippen LogP contribution in [-0.4, -0.2) is 20.7 Å². The lowest BCUT2D eigenvalue weighted by atomic mass is 10.1. The number of nitrogens with zero attached hydrogens (tertiary/aromatic N) is 4. The molecule has 0 bridgehead atoms. The van der Waals surface area contributed by atoms with E-state index in [-0.39, 0.29) is 11.4 Å². The van der Waals surface area contributed by atoms with E-state index in [9.17, 15) is 14.4 Å². The van der Waals surface area contributed by atoms with Crippen molar-refractivity contribution in [2.24, 2.45) is 0 Å². The number of thiazole rings is 1. The maximum absolute atomic E-state index is 13.1. The van der Waals surface area contributed by atoms with Crippen LogP contribution in [0.25, 0.3) is 11.8 Å². The number of amides is 1. The summed E-state index contributed by atoms with van der Waals surface area (Å²) in [5, 5.41) is 18.5. The van der Waals surface area contributed by atoms with Crippen LogP contribution < -0.4 is 5.32 Å². The number of nitriles is 1. The van der Waals surface area contributed by atoms with E-state index in [0.717, 1.165) is 5.69 Å². The van der Waals surface area contributed by atoms with Crippen molar-refractivity contribution in [1.82, 2.24) is 14.8 Å². The number of carbonyl (C=O) groups excluding carboxylic acids is 1. The lowest BCUT2D eigenvalue weighted by Gasteiger charge is -2.04. The molecule has 8 heteroatoms. The summed E-state index contributed by atoms with van der Waals surface area (Å²) in [5.41, 5.74) is 2.70. The quantitative estimate of drug-likeness (QED) is 0.564. The van der Waals surface area contributed by atoms with Gasteiger partial charge in [0.05, 0.1) is 11.4 Å². The first-order valence-electron chi connectivity index (χ1n) is 7.64. The Morgan fingerprint density at radius 2 is 2.08 bits per heavy atom. The molecule has 0 aliphatic heterocycles. The second-order valence-corrected chi connectivity index (χ2v) is 6.33. The van der Waals surface area contributed by atoms with Crippen molar-refractivity contribution >= 4 is 28.5 Å². The van der Waals surface area contributed by atoms with E-state index in [1.807, 2.05) is 13.0 Å². The molecule has 0 aliphatic rings. The number of anilines is 1. The Labute approximate surface area is 153 Å². The topological polar surface area (TPSA) is 83.6 Å². The summed E-state index contributed by atoms with van der Waals surface area (Å²) in [6.45, 7) is 3.61. The zero-order valence-corrected chi connectivity index (χ0v) is 14.8. The fourth-order valence-corrected chi connectivity index (χ4v) is 2.96. The second kappa shape index (κ2) is 7.29. The normalized spacial score (nSPS) is 11.2. The first-order chi connectivity index (χ1) is 12.5. The molecule has 1 aromatic carbocycles. The Bertz CT molecular complexity index is 1010. The summed E-state index contributed by atoms with van der Waals surface area (Å²) in [6.07, 6.45) is 3.07. The van der Waals surface area contributed by atoms with Crippen LogP contribution in [0, 0.1) is 31.0 Å². The summed E-state index contributed by atoms with van der Waals surface area (Å²) in [5.74, 6) is -0.864. The minimum Gasteiger partial charge on any atom is -0.297 e. The molecule has 3 aromatic rings. The highest BCUT2D eigenvalue weighted by atomic mass is 32.1. The molecule has 130 valence electrons. The Morgan fingerprint density at radius 1 is 1.35 bits per heavy atom. The predicted octanol–water partition coefficient (Wildman–Crippen LogP) is 3.63. The zero-order chi connectivity index (χ0) is 18.7. The molecule has 2 aromatic heterocycles. The highest BCUT2D eigenvalue weighted by molar-refractivity contribution is 7.13. The molecule has 0 atom stereocenters. The first-order valence-corrected chi connectivity index (χ1v) is 8.52. The van der Waals surface area contributed by atoms with Crippen molar-refractivity contribution in [2.75, 3.05) is 5.32 Å². The Balaban J connectivity index is 1.95. The third-order valence-electron chi connectivity index (χ3n) is 3.73. The Morgan fingerprint density at radius 3 is 2.69 bits per heavy atom. The Hall–Kier alpha value is -3.31. The number of aryl methyl sites for hydroxylation is 1. The predicted molar refractivity (Wildman–Crippen MR) is 97.3 cm³/mol. The van der Waals surface area contributed by atoms with Gasteiger partial charge in [0.2, 0.25) is 0 Å². The van der Waals surface area contributed by atoms with Crippen LogP contribution >= 0.6 is 11.3 Å². The molecular formula is C18H14FN5OS. The van der Waals surface area contributed by atoms with Crippen LogP contribution in [0.4, 0.5) is 9.52 Å². The number of benzene rings is 1. The lowest BCUT2D eigenvalue weighted by molar-refractivity contribution is -0.112. The highest BCUT2D eigenvalue weighted by Gasteiger charge is 2.16. The van der Waals surface area contributed by atoms with Gasteiger partial charge in [-0.3, -0.25) is 10.1 Å². The van der Waals surface area contributed by atoms with Crippen molar-refractivity contribution in [3.63, 3.8) is 0 Å². The third kappa shape index (κ3) is 3.53. The third-order valence-corrected chi connectivity index (χ3v) is 4.41. The fourth-order valence-electron chi connectivity index (χ4n) is 2.44. The van der Waals surface area contributed by atoms with Crippen LogP contribution in [0.5, 0.6) is 0 Å². The SMILES string of the molecule is Cc1nn(-c2ccc(F)cc2)c(C)c1/C=C(\C#N)C(=O)Nc1nccs1. The molecule has 0 unspecified atom stereocenters. The van der Waals surface area contributed by atoms with E-state index in [1.165, 1.54) is 29.5 Å². The number of hydrogen-bond acceptors (Lipinski definition) is 5. The van der Waals surface area contributed by atoms with Gasteiger partial charge in [0.1, 0.15) is 17.5 Å². The number of rotatable bonds is 4. The van der Waals surface area contributed by atoms with Crippen LogP contribution in [0.15, 0.2) is 41.4 Å². The summed E-state index contributed by atoms with van der Waals surface area (Å²) >= 11 is 1.27. The molecule has 0 saturated heterocycles. The minimum absolute atomic E-state index is 0.0509. The zero-order valence-electron chi connectivity index (χ0n) is 14.0. The fraction of sp³-hybridized carbons (Fsp3) is 0.111. The average Bonchev–Trinajstić information content (AvgIpc) is 3.22. The van der Waals surface area contributed by atoms with Gasteiger partial charge in [-0.25, -0.2) is 14.1 Å². The van der Waals surface area contributed by atoms with Gasteiger partial charge < -0.3 is 0 Å². The van der Waals surface area contributed by atoms with E-state index in [4.69, 9.17) is 0 Å².